The van der Waals surface area contributed by atoms with Gasteiger partial charge in [-0.05, 0) is 24.0 Å². The Bertz CT molecular complexity index is 470. The molecular weight excluding hydrogens is 240 g/mol. The van der Waals surface area contributed by atoms with Gasteiger partial charge < -0.3 is 10.1 Å². The molecule has 0 atom stereocenters. The van der Waals surface area contributed by atoms with Gasteiger partial charge in [0.05, 0.1) is 11.3 Å². The monoisotopic (exact) mass is 260 g/mol. The first-order chi connectivity index (χ1) is 8.92. The molecule has 1 amide bonds. The molecule has 0 saturated carbocycles. The van der Waals surface area contributed by atoms with Gasteiger partial charge in [0, 0.05) is 6.61 Å². The molecule has 1 N–H and O–H groups in total. The summed E-state index contributed by atoms with van der Waals surface area (Å²) in [6.45, 7) is 6.94. The number of carbonyl (C=O) groups excluding carboxylic acids is 1. The van der Waals surface area contributed by atoms with E-state index in [2.05, 4.69) is 26.1 Å². The van der Waals surface area contributed by atoms with Gasteiger partial charge in [0.1, 0.15) is 12.7 Å². The maximum absolute atomic E-state index is 11.7. The molecular formula is C15H20N2O2. The molecule has 1 aromatic carbocycles. The number of nitrogens with zero attached hydrogens (tertiary/aromatic N) is 1. The summed E-state index contributed by atoms with van der Waals surface area (Å²) in [5.74, 6) is -0.239. The summed E-state index contributed by atoms with van der Waals surface area (Å²) in [4.78, 5) is 11.7. The molecule has 0 heterocycles. The minimum absolute atomic E-state index is 0.00976. The van der Waals surface area contributed by atoms with E-state index in [1.165, 1.54) is 0 Å². The average Bonchev–Trinajstić information content (AvgIpc) is 2.34. The highest BCUT2D eigenvalue weighted by Crippen LogP contribution is 2.18. The molecule has 0 unspecified atom stereocenters. The van der Waals surface area contributed by atoms with Gasteiger partial charge in [-0.1, -0.05) is 32.9 Å². The zero-order valence-corrected chi connectivity index (χ0v) is 11.7. The standard InChI is InChI=1S/C15H20N2O2/c1-15(2,3)8-9-19-11-14(18)17-13-7-5-4-6-12(13)10-16/h4-7H,8-9,11H2,1-3H3,(H,17,18). The fraction of sp³-hybridized carbons (Fsp3) is 0.467. The van der Waals surface area contributed by atoms with E-state index in [1.54, 1.807) is 24.3 Å². The van der Waals surface area contributed by atoms with Crippen LogP contribution >= 0.6 is 0 Å². The Balaban J connectivity index is 2.38. The second-order valence-electron chi connectivity index (χ2n) is 5.57. The molecule has 0 spiro atoms. The van der Waals surface area contributed by atoms with Crippen LogP contribution in [0.1, 0.15) is 32.8 Å². The van der Waals surface area contributed by atoms with E-state index in [9.17, 15) is 4.79 Å². The Kier molecular flexibility index (Phi) is 5.53. The maximum Gasteiger partial charge on any atom is 0.250 e. The Hall–Kier alpha value is -1.86. The molecule has 0 aromatic heterocycles. The molecule has 0 aliphatic rings. The molecule has 4 heteroatoms. The highest BCUT2D eigenvalue weighted by Gasteiger charge is 2.11. The lowest BCUT2D eigenvalue weighted by Crippen LogP contribution is -2.20. The van der Waals surface area contributed by atoms with E-state index < -0.39 is 0 Å². The van der Waals surface area contributed by atoms with E-state index in [0.29, 0.717) is 17.9 Å². The van der Waals surface area contributed by atoms with E-state index in [4.69, 9.17) is 10.00 Å². The number of anilines is 1. The van der Waals surface area contributed by atoms with Gasteiger partial charge in [-0.25, -0.2) is 0 Å². The molecule has 1 aromatic rings. The van der Waals surface area contributed by atoms with Gasteiger partial charge in [0.2, 0.25) is 5.91 Å². The second kappa shape index (κ2) is 6.91. The van der Waals surface area contributed by atoms with Gasteiger partial charge in [-0.15, -0.1) is 0 Å². The maximum atomic E-state index is 11.7. The molecule has 0 saturated heterocycles. The number of benzene rings is 1. The first kappa shape index (κ1) is 15.2. The van der Waals surface area contributed by atoms with Crippen molar-refractivity contribution < 1.29 is 9.53 Å². The number of amides is 1. The summed E-state index contributed by atoms with van der Waals surface area (Å²) in [7, 11) is 0. The predicted octanol–water partition coefficient (Wildman–Crippen LogP) is 2.95. The summed E-state index contributed by atoms with van der Waals surface area (Å²) in [5, 5.41) is 11.6. The number of para-hydroxylation sites is 1. The second-order valence-corrected chi connectivity index (χ2v) is 5.57. The van der Waals surface area contributed by atoms with Gasteiger partial charge in [0.15, 0.2) is 0 Å². The van der Waals surface area contributed by atoms with Gasteiger partial charge in [0.25, 0.3) is 0 Å². The van der Waals surface area contributed by atoms with Crippen LogP contribution in [-0.4, -0.2) is 19.1 Å². The van der Waals surface area contributed by atoms with Gasteiger partial charge in [-0.3, -0.25) is 4.79 Å². The third kappa shape index (κ3) is 6.03. The van der Waals surface area contributed by atoms with Crippen LogP contribution in [-0.2, 0) is 9.53 Å². The normalized spacial score (nSPS) is 10.8. The van der Waals surface area contributed by atoms with Crippen molar-refractivity contribution in [1.82, 2.24) is 0 Å². The number of hydrogen-bond donors (Lipinski definition) is 1. The molecule has 19 heavy (non-hydrogen) atoms. The largest absolute Gasteiger partial charge is 0.372 e. The Morgan fingerprint density at radius 2 is 2.05 bits per heavy atom. The number of ether oxygens (including phenoxy) is 1. The molecule has 0 bridgehead atoms. The zero-order valence-electron chi connectivity index (χ0n) is 11.7. The smallest absolute Gasteiger partial charge is 0.250 e. The minimum Gasteiger partial charge on any atom is -0.372 e. The highest BCUT2D eigenvalue weighted by molar-refractivity contribution is 5.92. The van der Waals surface area contributed by atoms with Crippen molar-refractivity contribution in [2.24, 2.45) is 5.41 Å². The van der Waals surface area contributed by atoms with E-state index in [0.717, 1.165) is 6.42 Å². The summed E-state index contributed by atoms with van der Waals surface area (Å²) < 4.78 is 5.32. The number of nitriles is 1. The van der Waals surface area contributed by atoms with Crippen LogP contribution in [0, 0.1) is 16.7 Å². The zero-order chi connectivity index (χ0) is 14.3. The van der Waals surface area contributed by atoms with E-state index in [1.807, 2.05) is 6.07 Å². The van der Waals surface area contributed by atoms with Crippen LogP contribution in [0.15, 0.2) is 24.3 Å². The first-order valence-electron chi connectivity index (χ1n) is 6.29. The predicted molar refractivity (Wildman–Crippen MR) is 74.7 cm³/mol. The SMILES string of the molecule is CC(C)(C)CCOCC(=O)Nc1ccccc1C#N. The fourth-order valence-corrected chi connectivity index (χ4v) is 1.42. The van der Waals surface area contributed by atoms with Crippen molar-refractivity contribution in [1.29, 1.82) is 5.26 Å². The third-order valence-electron chi connectivity index (χ3n) is 2.55. The van der Waals surface area contributed by atoms with Crippen LogP contribution < -0.4 is 5.32 Å². The molecule has 102 valence electrons. The molecule has 1 rings (SSSR count). The summed E-state index contributed by atoms with van der Waals surface area (Å²) >= 11 is 0. The summed E-state index contributed by atoms with van der Waals surface area (Å²) in [6.07, 6.45) is 0.898. The summed E-state index contributed by atoms with van der Waals surface area (Å²) in [5.41, 5.74) is 1.17. The van der Waals surface area contributed by atoms with Crippen LogP contribution in [0.2, 0.25) is 0 Å². The molecule has 0 fully saturated rings. The van der Waals surface area contributed by atoms with E-state index in [-0.39, 0.29) is 17.9 Å². The lowest BCUT2D eigenvalue weighted by atomic mass is 9.93. The van der Waals surface area contributed by atoms with E-state index >= 15 is 0 Å². The topological polar surface area (TPSA) is 62.1 Å². The van der Waals surface area contributed by atoms with Crippen LogP contribution in [0.25, 0.3) is 0 Å². The third-order valence-corrected chi connectivity index (χ3v) is 2.55. The Labute approximate surface area is 114 Å². The molecule has 4 nitrogen and oxygen atoms in total. The van der Waals surface area contributed by atoms with Crippen LogP contribution in [0.3, 0.4) is 0 Å². The molecule has 0 aliphatic carbocycles. The van der Waals surface area contributed by atoms with Crippen molar-refractivity contribution in [3.05, 3.63) is 29.8 Å². The molecule has 0 aliphatic heterocycles. The van der Waals surface area contributed by atoms with Crippen molar-refractivity contribution >= 4 is 11.6 Å². The van der Waals surface area contributed by atoms with Crippen molar-refractivity contribution in [3.63, 3.8) is 0 Å². The van der Waals surface area contributed by atoms with Crippen molar-refractivity contribution in [3.8, 4) is 6.07 Å². The number of carbonyl (C=O) groups is 1. The Morgan fingerprint density at radius 1 is 1.37 bits per heavy atom. The van der Waals surface area contributed by atoms with Gasteiger partial charge in [-0.2, -0.15) is 5.26 Å². The highest BCUT2D eigenvalue weighted by atomic mass is 16.5. The minimum atomic E-state index is -0.239. The average molecular weight is 260 g/mol. The van der Waals surface area contributed by atoms with Crippen LogP contribution in [0.4, 0.5) is 5.69 Å². The van der Waals surface area contributed by atoms with Crippen LogP contribution in [0.5, 0.6) is 0 Å². The summed E-state index contributed by atoms with van der Waals surface area (Å²) in [6, 6.07) is 8.93. The number of nitrogens with one attached hydrogen (secondary N) is 1. The number of rotatable bonds is 5. The molecule has 0 radical (unpaired) electrons. The van der Waals surface area contributed by atoms with Crippen molar-refractivity contribution in [2.45, 2.75) is 27.2 Å². The van der Waals surface area contributed by atoms with Gasteiger partial charge >= 0.3 is 0 Å². The lowest BCUT2D eigenvalue weighted by Gasteiger charge is -2.17. The first-order valence-corrected chi connectivity index (χ1v) is 6.29. The lowest BCUT2D eigenvalue weighted by molar-refractivity contribution is -0.120. The van der Waals surface area contributed by atoms with Crippen molar-refractivity contribution in [2.75, 3.05) is 18.5 Å². The Morgan fingerprint density at radius 3 is 2.68 bits per heavy atom. The fourth-order valence-electron chi connectivity index (χ4n) is 1.42. The quantitative estimate of drug-likeness (QED) is 0.828. The number of hydrogen-bond acceptors (Lipinski definition) is 3.